The number of ether oxygens (including phenoxy) is 4. The standard InChI is InChI=1S/C33H38IO2S.C28H29I2O2S.C21H17ClIO2S.C21H17FIO2S/c34-24-23-33(35)36-29-15-21-32(22-16-29)37(30-17-11-27(12-18-30)25-7-3-1-4-8-25)31-19-13-28(14-20-31)26-9-5-2-6-10-26;29-19-23(20-30)28(31)32-24-13-17-27(18-14-24)33(25-9-5-2-6-10-25)26-15-11-22(12-16-26)21-7-3-1-4-8-21;2*1-15(23)21(24)25-17-9-13-20(14-10-17)26(18-5-3-2-4-6-18)19-11-7-16(22)8-12-19/h11-22,25-26H,1-10,23-24H2;2,5-6,9-18,21,23H,1,3-4,7-8,19-20H2;2*2-15H,1H3/q4*+1. The Morgan fingerprint density at radius 1 is 0.320 bits per heavy atom. The monoisotopic (exact) mass is 2280 g/mol. The van der Waals surface area contributed by atoms with Gasteiger partial charge in [-0.15, -0.1) is 0 Å². The van der Waals surface area contributed by atoms with Gasteiger partial charge in [0, 0.05) is 18.3 Å². The molecule has 3 fully saturated rings. The summed E-state index contributed by atoms with van der Waals surface area (Å²) in [6, 6.07) is 106. The zero-order chi connectivity index (χ0) is 85.5. The minimum absolute atomic E-state index is 0.0625. The normalized spacial score (nSPS) is 14.9. The van der Waals surface area contributed by atoms with Gasteiger partial charge in [-0.1, -0.05) is 273 Å². The molecule has 630 valence electrons. The smallest absolute Gasteiger partial charge is 0.323 e. The van der Waals surface area contributed by atoms with E-state index in [1.165, 1.54) is 164 Å². The van der Waals surface area contributed by atoms with Gasteiger partial charge < -0.3 is 18.9 Å². The highest BCUT2D eigenvalue weighted by atomic mass is 127. The molecule has 8 nitrogen and oxygen atoms in total. The summed E-state index contributed by atoms with van der Waals surface area (Å²) >= 11 is 16.8. The SMILES string of the molecule is CC(I)C(=O)Oc1ccc([S+](c2ccccc2)c2ccc(Cl)cc2)cc1.CC(I)C(=O)Oc1ccc([S+](c2ccccc2)c2ccc(F)cc2)cc1.O=C(CCI)Oc1ccc([S+](c2ccc(C3CCCCC3)cc2)c2ccc(C3CCCCC3)cc2)cc1.O=C(Oc1ccc([S+](c2ccccc2)c2ccc(C3CCCCC3)cc2)cc1)C(CI)CI. The van der Waals surface area contributed by atoms with Crippen LogP contribution in [0.3, 0.4) is 0 Å². The van der Waals surface area contributed by atoms with Crippen LogP contribution >= 0.6 is 125 Å². The molecular formula is C103H101ClFI5O8S4+4. The van der Waals surface area contributed by atoms with Crippen LogP contribution in [-0.4, -0.2) is 45.0 Å². The van der Waals surface area contributed by atoms with E-state index < -0.39 is 0 Å². The second kappa shape index (κ2) is 49.8. The van der Waals surface area contributed by atoms with Crippen molar-refractivity contribution in [1.82, 2.24) is 0 Å². The van der Waals surface area contributed by atoms with Crippen LogP contribution in [0.4, 0.5) is 4.39 Å². The molecule has 0 bridgehead atoms. The fraction of sp³-hybridized carbons (Fsp3) is 0.262. The van der Waals surface area contributed by atoms with Crippen LogP contribution in [0, 0.1) is 11.7 Å². The zero-order valence-corrected chi connectivity index (χ0v) is 83.2. The molecule has 0 aromatic heterocycles. The number of esters is 4. The van der Waals surface area contributed by atoms with Crippen LogP contribution < -0.4 is 18.9 Å². The lowest BCUT2D eigenvalue weighted by Crippen LogP contribution is -2.22. The van der Waals surface area contributed by atoms with Gasteiger partial charge in [0.25, 0.3) is 0 Å². The first-order chi connectivity index (χ1) is 59.5. The number of halogens is 7. The lowest BCUT2D eigenvalue weighted by molar-refractivity contribution is -0.137. The van der Waals surface area contributed by atoms with Crippen LogP contribution in [0.1, 0.15) is 151 Å². The number of alkyl halides is 5. The largest absolute Gasteiger partial charge is 0.427 e. The van der Waals surface area contributed by atoms with Crippen molar-refractivity contribution in [2.45, 2.75) is 201 Å². The van der Waals surface area contributed by atoms with E-state index in [-0.39, 0.29) is 87.0 Å². The maximum Gasteiger partial charge on any atom is 0.323 e. The topological polar surface area (TPSA) is 105 Å². The number of benzene rings is 12. The van der Waals surface area contributed by atoms with Crippen molar-refractivity contribution < 1.29 is 42.5 Å². The van der Waals surface area contributed by atoms with E-state index in [1.54, 1.807) is 19.1 Å². The van der Waals surface area contributed by atoms with Gasteiger partial charge in [-0.25, -0.2) is 4.39 Å². The Labute approximate surface area is 805 Å². The average Bonchev–Trinajstić information content (AvgIpc) is 0.800. The van der Waals surface area contributed by atoms with Crippen molar-refractivity contribution in [3.63, 3.8) is 0 Å². The van der Waals surface area contributed by atoms with E-state index in [9.17, 15) is 23.6 Å². The lowest BCUT2D eigenvalue weighted by atomic mass is 9.84. The zero-order valence-electron chi connectivity index (χ0n) is 68.4. The van der Waals surface area contributed by atoms with Crippen LogP contribution in [0.2, 0.25) is 5.02 Å². The predicted molar refractivity (Wildman–Crippen MR) is 543 cm³/mol. The summed E-state index contributed by atoms with van der Waals surface area (Å²) in [7, 11) is -1.03. The fourth-order valence-electron chi connectivity index (χ4n) is 15.0. The van der Waals surface area contributed by atoms with Crippen molar-refractivity contribution in [1.29, 1.82) is 0 Å². The Hall–Kier alpha value is -6.21. The fourth-order valence-corrected chi connectivity index (χ4v) is 26.6. The molecule has 5 unspecified atom stereocenters. The van der Waals surface area contributed by atoms with Gasteiger partial charge in [0.2, 0.25) is 0 Å². The number of carbonyl (C=O) groups excluding carboxylic acids is 4. The summed E-state index contributed by atoms with van der Waals surface area (Å²) in [5.74, 6) is 3.36. The minimum atomic E-state index is -0.361. The Bertz CT molecular complexity index is 4980. The second-order valence-corrected chi connectivity index (χ2v) is 45.2. The molecule has 12 aromatic rings. The van der Waals surface area contributed by atoms with Crippen LogP contribution in [-0.2, 0) is 62.8 Å². The van der Waals surface area contributed by atoms with Crippen molar-refractivity contribution in [2.24, 2.45) is 5.92 Å². The molecule has 19 heteroatoms. The lowest BCUT2D eigenvalue weighted by Gasteiger charge is -2.22. The van der Waals surface area contributed by atoms with Crippen LogP contribution in [0.15, 0.2) is 368 Å². The van der Waals surface area contributed by atoms with Crippen LogP contribution in [0.5, 0.6) is 23.0 Å². The molecule has 0 radical (unpaired) electrons. The highest BCUT2D eigenvalue weighted by Crippen LogP contribution is 2.42. The highest BCUT2D eigenvalue weighted by Gasteiger charge is 2.35. The Morgan fingerprint density at radius 3 is 0.803 bits per heavy atom. The molecule has 0 heterocycles. The molecule has 0 spiro atoms. The molecule has 0 N–H and O–H groups in total. The average molecular weight is 2280 g/mol. The van der Waals surface area contributed by atoms with Crippen molar-refractivity contribution in [3.8, 4) is 23.0 Å². The van der Waals surface area contributed by atoms with Gasteiger partial charge in [-0.3, -0.25) is 19.2 Å². The van der Waals surface area contributed by atoms with Crippen molar-refractivity contribution >= 4 is 192 Å². The van der Waals surface area contributed by atoms with E-state index in [0.29, 0.717) is 35.3 Å². The second-order valence-electron chi connectivity index (χ2n) is 30.1. The van der Waals surface area contributed by atoms with Gasteiger partial charge in [0.1, 0.15) is 36.7 Å². The van der Waals surface area contributed by atoms with Gasteiger partial charge in [0.05, 0.1) is 55.9 Å². The molecule has 3 aliphatic rings. The van der Waals surface area contributed by atoms with Crippen molar-refractivity contribution in [3.05, 3.63) is 337 Å². The van der Waals surface area contributed by atoms with Crippen LogP contribution in [0.25, 0.3) is 0 Å². The van der Waals surface area contributed by atoms with E-state index >= 15 is 0 Å². The summed E-state index contributed by atoms with van der Waals surface area (Å²) in [6.45, 7) is 3.60. The number of hydrogen-bond acceptors (Lipinski definition) is 8. The van der Waals surface area contributed by atoms with Gasteiger partial charge in [-0.05, 0) is 305 Å². The predicted octanol–water partition coefficient (Wildman–Crippen LogP) is 29.6. The minimum Gasteiger partial charge on any atom is -0.427 e. The molecule has 122 heavy (non-hydrogen) atoms. The first kappa shape index (κ1) is 94.9. The Kier molecular flexibility index (Phi) is 38.7. The molecule has 0 amide bonds. The van der Waals surface area contributed by atoms with Gasteiger partial charge in [-0.2, -0.15) is 0 Å². The van der Waals surface area contributed by atoms with Gasteiger partial charge >= 0.3 is 23.9 Å². The summed E-state index contributed by atoms with van der Waals surface area (Å²) in [5.41, 5.74) is 4.48. The van der Waals surface area contributed by atoms with E-state index in [1.807, 2.05) is 173 Å². The quantitative estimate of drug-likeness (QED) is 0.0174. The molecule has 15 rings (SSSR count). The highest BCUT2D eigenvalue weighted by molar-refractivity contribution is 14.1. The molecule has 0 saturated heterocycles. The third-order valence-electron chi connectivity index (χ3n) is 21.4. The van der Waals surface area contributed by atoms with E-state index in [2.05, 4.69) is 232 Å². The molecule has 3 aliphatic carbocycles. The number of hydrogen-bond donors (Lipinski definition) is 0. The van der Waals surface area contributed by atoms with E-state index in [4.69, 9.17) is 30.5 Å². The summed E-state index contributed by atoms with van der Waals surface area (Å²) in [4.78, 5) is 62.5. The molecular weight excluding hydrogens is 2180 g/mol. The maximum atomic E-state index is 13.3. The van der Waals surface area contributed by atoms with Crippen molar-refractivity contribution in [2.75, 3.05) is 13.3 Å². The van der Waals surface area contributed by atoms with E-state index in [0.717, 1.165) is 49.7 Å². The third kappa shape index (κ3) is 28.1. The number of carbonyl (C=O) groups is 4. The first-order valence-electron chi connectivity index (χ1n) is 41.6. The van der Waals surface area contributed by atoms with Gasteiger partial charge in [0.15, 0.2) is 58.7 Å². The Balaban J connectivity index is 0.000000150. The third-order valence-corrected chi connectivity index (χ3v) is 34.2. The molecule has 0 aliphatic heterocycles. The summed E-state index contributed by atoms with van der Waals surface area (Å²) < 4.78 is 37.2. The number of rotatable bonds is 26. The molecule has 3 saturated carbocycles. The first-order valence-corrected chi connectivity index (χ1v) is 54.0. The summed E-state index contributed by atoms with van der Waals surface area (Å²) in [6.07, 6.45) is 20.7. The maximum absolute atomic E-state index is 13.3. The summed E-state index contributed by atoms with van der Waals surface area (Å²) in [5, 5.41) is 0.723. The molecule has 5 atom stereocenters. The molecule has 12 aromatic carbocycles. The Morgan fingerprint density at radius 2 is 0.549 bits per heavy atom.